The first-order valence-corrected chi connectivity index (χ1v) is 8.29. The summed E-state index contributed by atoms with van der Waals surface area (Å²) in [6, 6.07) is 7.10. The van der Waals surface area contributed by atoms with Crippen molar-refractivity contribution in [2.75, 3.05) is 31.5 Å². The molecule has 138 valence electrons. The maximum atomic E-state index is 13.1. The van der Waals surface area contributed by atoms with Crippen molar-refractivity contribution in [1.29, 1.82) is 0 Å². The van der Waals surface area contributed by atoms with Gasteiger partial charge in [0.2, 0.25) is 5.91 Å². The van der Waals surface area contributed by atoms with Crippen LogP contribution in [-0.2, 0) is 4.79 Å². The number of piperidine rings is 1. The van der Waals surface area contributed by atoms with Gasteiger partial charge < -0.3 is 21.3 Å². The van der Waals surface area contributed by atoms with Crippen LogP contribution in [0.1, 0.15) is 18.4 Å². The van der Waals surface area contributed by atoms with E-state index in [-0.39, 0.29) is 12.6 Å². The number of halogens is 2. The van der Waals surface area contributed by atoms with Crippen LogP contribution in [0.5, 0.6) is 0 Å². The highest BCUT2D eigenvalue weighted by Crippen LogP contribution is 2.19. The van der Waals surface area contributed by atoms with Crippen LogP contribution in [0.25, 0.3) is 0 Å². The average molecular weight is 354 g/mol. The standard InChI is InChI=1S/C17H24F2N4O2/c1-12-4-2-6-14(8-12)22-16(25)23-7-3-5-13(9-23)15(24)21-11-17(18,19)10-20/h2,4,6,8,13H,3,5,7,9-11,20H2,1H3,(H,21,24)(H,22,25). The molecule has 1 fully saturated rings. The topological polar surface area (TPSA) is 87.5 Å². The smallest absolute Gasteiger partial charge is 0.321 e. The van der Waals surface area contributed by atoms with E-state index < -0.39 is 30.8 Å². The fourth-order valence-corrected chi connectivity index (χ4v) is 2.73. The third kappa shape index (κ3) is 5.67. The number of nitrogens with zero attached hydrogens (tertiary/aromatic N) is 1. The van der Waals surface area contributed by atoms with Crippen molar-refractivity contribution >= 4 is 17.6 Å². The van der Waals surface area contributed by atoms with Crippen LogP contribution in [0.2, 0.25) is 0 Å². The Morgan fingerprint density at radius 2 is 2.16 bits per heavy atom. The lowest BCUT2D eigenvalue weighted by atomic mass is 9.97. The van der Waals surface area contributed by atoms with Crippen LogP contribution in [0.4, 0.5) is 19.3 Å². The summed E-state index contributed by atoms with van der Waals surface area (Å²) in [6.07, 6.45) is 1.21. The van der Waals surface area contributed by atoms with Crippen molar-refractivity contribution < 1.29 is 18.4 Å². The third-order valence-corrected chi connectivity index (χ3v) is 4.17. The summed E-state index contributed by atoms with van der Waals surface area (Å²) >= 11 is 0. The van der Waals surface area contributed by atoms with E-state index in [1.807, 2.05) is 25.1 Å². The number of alkyl halides is 2. The number of rotatable bonds is 5. The molecule has 1 aliphatic rings. The van der Waals surface area contributed by atoms with Gasteiger partial charge in [-0.1, -0.05) is 12.1 Å². The minimum Gasteiger partial charge on any atom is -0.350 e. The third-order valence-electron chi connectivity index (χ3n) is 4.17. The van der Waals surface area contributed by atoms with Gasteiger partial charge >= 0.3 is 6.03 Å². The molecule has 0 saturated carbocycles. The number of anilines is 1. The van der Waals surface area contributed by atoms with E-state index in [2.05, 4.69) is 10.6 Å². The summed E-state index contributed by atoms with van der Waals surface area (Å²) in [5, 5.41) is 5.03. The zero-order valence-electron chi connectivity index (χ0n) is 14.2. The Balaban J connectivity index is 1.89. The number of amides is 3. The van der Waals surface area contributed by atoms with Crippen LogP contribution >= 0.6 is 0 Å². The summed E-state index contributed by atoms with van der Waals surface area (Å²) in [5.74, 6) is -4.08. The fourth-order valence-electron chi connectivity index (χ4n) is 2.73. The Morgan fingerprint density at radius 3 is 2.84 bits per heavy atom. The number of nitrogens with one attached hydrogen (secondary N) is 2. The predicted molar refractivity (Wildman–Crippen MR) is 91.5 cm³/mol. The van der Waals surface area contributed by atoms with Gasteiger partial charge in [0.25, 0.3) is 5.92 Å². The van der Waals surface area contributed by atoms with Gasteiger partial charge in [0.15, 0.2) is 0 Å². The van der Waals surface area contributed by atoms with Gasteiger partial charge in [-0.2, -0.15) is 0 Å². The van der Waals surface area contributed by atoms with Crippen molar-refractivity contribution in [2.24, 2.45) is 11.7 Å². The van der Waals surface area contributed by atoms with Crippen molar-refractivity contribution in [2.45, 2.75) is 25.7 Å². The lowest BCUT2D eigenvalue weighted by Crippen LogP contribution is -2.49. The molecule has 0 aromatic heterocycles. The van der Waals surface area contributed by atoms with E-state index in [1.54, 1.807) is 6.07 Å². The van der Waals surface area contributed by atoms with Gasteiger partial charge in [0, 0.05) is 18.8 Å². The van der Waals surface area contributed by atoms with E-state index in [9.17, 15) is 18.4 Å². The number of carbonyl (C=O) groups excluding carboxylic acids is 2. The number of hydrogen-bond donors (Lipinski definition) is 3. The largest absolute Gasteiger partial charge is 0.350 e. The van der Waals surface area contributed by atoms with E-state index >= 15 is 0 Å². The summed E-state index contributed by atoms with van der Waals surface area (Å²) < 4.78 is 26.3. The molecular weight excluding hydrogens is 330 g/mol. The molecule has 1 heterocycles. The number of nitrogens with two attached hydrogens (primary N) is 1. The number of aryl methyl sites for hydroxylation is 1. The monoisotopic (exact) mass is 354 g/mol. The van der Waals surface area contributed by atoms with Crippen LogP contribution in [0, 0.1) is 12.8 Å². The molecule has 1 atom stereocenters. The molecular formula is C17H24F2N4O2. The molecule has 1 aromatic rings. The Bertz CT molecular complexity index is 624. The first kappa shape index (κ1) is 19.1. The van der Waals surface area contributed by atoms with Crippen LogP contribution in [-0.4, -0.2) is 48.9 Å². The van der Waals surface area contributed by atoms with Crippen LogP contribution < -0.4 is 16.4 Å². The highest BCUT2D eigenvalue weighted by Gasteiger charge is 2.32. The number of urea groups is 1. The second-order valence-electron chi connectivity index (χ2n) is 6.36. The Kier molecular flexibility index (Phi) is 6.30. The lowest BCUT2D eigenvalue weighted by molar-refractivity contribution is -0.128. The lowest BCUT2D eigenvalue weighted by Gasteiger charge is -2.32. The molecule has 6 nitrogen and oxygen atoms in total. The Morgan fingerprint density at radius 1 is 1.40 bits per heavy atom. The fraction of sp³-hybridized carbons (Fsp3) is 0.529. The van der Waals surface area contributed by atoms with Gasteiger partial charge in [0.05, 0.1) is 19.0 Å². The van der Waals surface area contributed by atoms with E-state index in [0.717, 1.165) is 5.56 Å². The zero-order valence-corrected chi connectivity index (χ0v) is 14.2. The molecule has 4 N–H and O–H groups in total. The van der Waals surface area contributed by atoms with Gasteiger partial charge in [-0.15, -0.1) is 0 Å². The summed E-state index contributed by atoms with van der Waals surface area (Å²) in [5.41, 5.74) is 6.66. The van der Waals surface area contributed by atoms with Crippen molar-refractivity contribution in [3.63, 3.8) is 0 Å². The second kappa shape index (κ2) is 8.24. The Hall–Kier alpha value is -2.22. The molecule has 1 aliphatic heterocycles. The predicted octanol–water partition coefficient (Wildman–Crippen LogP) is 1.95. The van der Waals surface area contributed by atoms with E-state index in [1.165, 1.54) is 4.90 Å². The van der Waals surface area contributed by atoms with Crippen LogP contribution in [0.3, 0.4) is 0 Å². The van der Waals surface area contributed by atoms with E-state index in [0.29, 0.717) is 25.1 Å². The van der Waals surface area contributed by atoms with Crippen molar-refractivity contribution in [1.82, 2.24) is 10.2 Å². The molecule has 3 amide bonds. The zero-order chi connectivity index (χ0) is 18.4. The summed E-state index contributed by atoms with van der Waals surface area (Å²) in [6.45, 7) is 1.06. The molecule has 1 unspecified atom stereocenters. The highest BCUT2D eigenvalue weighted by atomic mass is 19.3. The SMILES string of the molecule is Cc1cccc(NC(=O)N2CCCC(C(=O)NCC(F)(F)CN)C2)c1. The Labute approximate surface area is 145 Å². The first-order chi connectivity index (χ1) is 11.8. The molecule has 0 radical (unpaired) electrons. The minimum atomic E-state index is -3.12. The highest BCUT2D eigenvalue weighted by molar-refractivity contribution is 5.90. The maximum Gasteiger partial charge on any atom is 0.321 e. The molecule has 2 rings (SSSR count). The van der Waals surface area contributed by atoms with E-state index in [4.69, 9.17) is 5.73 Å². The normalized spacial score (nSPS) is 17.9. The van der Waals surface area contributed by atoms with Crippen molar-refractivity contribution in [3.05, 3.63) is 29.8 Å². The number of hydrogen-bond acceptors (Lipinski definition) is 3. The van der Waals surface area contributed by atoms with Gasteiger partial charge in [-0.05, 0) is 37.5 Å². The van der Waals surface area contributed by atoms with Crippen LogP contribution in [0.15, 0.2) is 24.3 Å². The van der Waals surface area contributed by atoms with Gasteiger partial charge in [-0.25, -0.2) is 13.6 Å². The molecule has 0 aliphatic carbocycles. The van der Waals surface area contributed by atoms with Gasteiger partial charge in [-0.3, -0.25) is 4.79 Å². The number of likely N-dealkylation sites (tertiary alicyclic amines) is 1. The quantitative estimate of drug-likeness (QED) is 0.755. The molecule has 25 heavy (non-hydrogen) atoms. The molecule has 0 spiro atoms. The molecule has 1 saturated heterocycles. The molecule has 8 heteroatoms. The second-order valence-corrected chi connectivity index (χ2v) is 6.36. The number of benzene rings is 1. The first-order valence-electron chi connectivity index (χ1n) is 8.29. The summed E-state index contributed by atoms with van der Waals surface area (Å²) in [4.78, 5) is 26.0. The molecule has 1 aromatic carbocycles. The average Bonchev–Trinajstić information content (AvgIpc) is 2.60. The minimum absolute atomic E-state index is 0.206. The van der Waals surface area contributed by atoms with Gasteiger partial charge in [0.1, 0.15) is 0 Å². The summed E-state index contributed by atoms with van der Waals surface area (Å²) in [7, 11) is 0. The molecule has 0 bridgehead atoms. The van der Waals surface area contributed by atoms with Crippen molar-refractivity contribution in [3.8, 4) is 0 Å². The number of carbonyl (C=O) groups is 2. The maximum absolute atomic E-state index is 13.1.